The lowest BCUT2D eigenvalue weighted by molar-refractivity contribution is 0.373. The number of nitrogens with zero attached hydrogens (tertiary/aromatic N) is 2. The van der Waals surface area contributed by atoms with Crippen LogP contribution in [0.5, 0.6) is 11.5 Å². The lowest BCUT2D eigenvalue weighted by Gasteiger charge is -2.30. The summed E-state index contributed by atoms with van der Waals surface area (Å²) >= 11 is 1.30. The number of benzene rings is 3. The predicted molar refractivity (Wildman–Crippen MR) is 134 cm³/mol. The maximum absolute atomic E-state index is 14.3. The van der Waals surface area contributed by atoms with E-state index in [2.05, 4.69) is 12.1 Å². The molecular weight excluding hydrogens is 463 g/mol. The summed E-state index contributed by atoms with van der Waals surface area (Å²) in [5, 5.41) is 9.92. The fourth-order valence-corrected chi connectivity index (χ4v) is 5.94. The minimum absolute atomic E-state index is 0.0311. The number of fused-ring (bicyclic) bond motifs is 3. The van der Waals surface area contributed by atoms with Crippen LogP contribution in [0, 0.1) is 5.82 Å². The molecule has 35 heavy (non-hydrogen) atoms. The Morgan fingerprint density at radius 2 is 1.97 bits per heavy atom. The van der Waals surface area contributed by atoms with Crippen LogP contribution in [0.1, 0.15) is 34.7 Å². The topological polar surface area (TPSA) is 63.8 Å². The molecule has 0 amide bonds. The molecule has 1 aromatic heterocycles. The predicted octanol–water partition coefficient (Wildman–Crippen LogP) is 4.17. The van der Waals surface area contributed by atoms with Crippen molar-refractivity contribution in [3.05, 3.63) is 120 Å². The van der Waals surface area contributed by atoms with Crippen LogP contribution in [0.3, 0.4) is 0 Å². The molecule has 0 spiro atoms. The molecule has 0 saturated carbocycles. The number of aryl methyl sites for hydroxylation is 1. The van der Waals surface area contributed by atoms with Crippen molar-refractivity contribution in [3.8, 4) is 11.5 Å². The van der Waals surface area contributed by atoms with E-state index >= 15 is 0 Å². The largest absolute Gasteiger partial charge is 0.504 e. The van der Waals surface area contributed by atoms with E-state index in [1.807, 2.05) is 18.2 Å². The molecule has 6 rings (SSSR count). The third-order valence-corrected chi connectivity index (χ3v) is 7.52. The molecule has 7 heteroatoms. The van der Waals surface area contributed by atoms with Gasteiger partial charge in [0.25, 0.3) is 5.56 Å². The van der Waals surface area contributed by atoms with Crippen molar-refractivity contribution >= 4 is 23.1 Å². The van der Waals surface area contributed by atoms with Crippen molar-refractivity contribution in [2.45, 2.75) is 18.9 Å². The van der Waals surface area contributed by atoms with Gasteiger partial charge in [0.15, 0.2) is 16.3 Å². The van der Waals surface area contributed by atoms with Crippen LogP contribution in [0.2, 0.25) is 0 Å². The number of halogens is 1. The highest BCUT2D eigenvalue weighted by atomic mass is 32.1. The molecule has 0 fully saturated rings. The van der Waals surface area contributed by atoms with Crippen molar-refractivity contribution in [1.29, 1.82) is 0 Å². The maximum Gasteiger partial charge on any atom is 0.271 e. The molecule has 2 aliphatic rings. The van der Waals surface area contributed by atoms with Gasteiger partial charge < -0.3 is 9.84 Å². The van der Waals surface area contributed by atoms with Crippen LogP contribution in [0.4, 0.5) is 4.39 Å². The van der Waals surface area contributed by atoms with Gasteiger partial charge in [-0.3, -0.25) is 9.36 Å². The van der Waals surface area contributed by atoms with Crippen LogP contribution < -0.4 is 19.6 Å². The third kappa shape index (κ3) is 3.59. The molecule has 4 aromatic rings. The monoisotopic (exact) mass is 484 g/mol. The number of methoxy groups -OCH3 is 1. The van der Waals surface area contributed by atoms with Crippen LogP contribution in [0.25, 0.3) is 11.8 Å². The van der Waals surface area contributed by atoms with E-state index < -0.39 is 6.04 Å². The highest BCUT2D eigenvalue weighted by molar-refractivity contribution is 7.07. The number of hydrogen-bond donors (Lipinski definition) is 1. The molecule has 0 bridgehead atoms. The summed E-state index contributed by atoms with van der Waals surface area (Å²) < 4.78 is 21.7. The average Bonchev–Trinajstić information content (AvgIpc) is 3.18. The lowest BCUT2D eigenvalue weighted by Crippen LogP contribution is -2.38. The van der Waals surface area contributed by atoms with Gasteiger partial charge in [-0.1, -0.05) is 53.8 Å². The van der Waals surface area contributed by atoms with Crippen LogP contribution >= 0.6 is 11.3 Å². The van der Waals surface area contributed by atoms with Gasteiger partial charge in [-0.05, 0) is 65.4 Å². The Bertz CT molecular complexity index is 1700. The van der Waals surface area contributed by atoms with Crippen LogP contribution in [-0.2, 0) is 6.42 Å². The van der Waals surface area contributed by atoms with Gasteiger partial charge in [0.05, 0.1) is 23.4 Å². The number of hydrogen-bond acceptors (Lipinski definition) is 5. The Morgan fingerprint density at radius 1 is 1.11 bits per heavy atom. The first-order valence-corrected chi connectivity index (χ1v) is 12.1. The first-order valence-electron chi connectivity index (χ1n) is 11.3. The van der Waals surface area contributed by atoms with Gasteiger partial charge in [0.1, 0.15) is 5.82 Å². The number of phenolic OH excluding ortho intramolecular Hbond substituents is 1. The van der Waals surface area contributed by atoms with Gasteiger partial charge in [0.2, 0.25) is 0 Å². The van der Waals surface area contributed by atoms with Gasteiger partial charge in [0, 0.05) is 5.56 Å². The minimum Gasteiger partial charge on any atom is -0.504 e. The molecule has 3 aromatic carbocycles. The van der Waals surface area contributed by atoms with Crippen LogP contribution in [0.15, 0.2) is 82.1 Å². The molecule has 2 heterocycles. The highest BCUT2D eigenvalue weighted by Crippen LogP contribution is 2.41. The van der Waals surface area contributed by atoms with Gasteiger partial charge in [-0.15, -0.1) is 0 Å². The second-order valence-corrected chi connectivity index (χ2v) is 9.61. The van der Waals surface area contributed by atoms with Gasteiger partial charge in [-0.2, -0.15) is 0 Å². The standard InChI is InChI=1S/C28H21FN2O3S/c1-34-23-13-16(9-12-22(23)32)14-24-27(33)31-26(18-6-4-7-19(29)15-18)21-11-10-17-5-2-3-8-20(17)25(21)30-28(31)35-24/h2-9,12-15,26,32H,10-11H2,1H3. The van der Waals surface area contributed by atoms with Crippen LogP contribution in [-0.4, -0.2) is 16.8 Å². The summed E-state index contributed by atoms with van der Waals surface area (Å²) in [4.78, 5) is 19.3. The molecule has 0 saturated heterocycles. The Balaban J connectivity index is 1.61. The zero-order valence-corrected chi connectivity index (χ0v) is 19.7. The van der Waals surface area contributed by atoms with E-state index in [0.29, 0.717) is 15.1 Å². The Hall–Kier alpha value is -3.97. The molecule has 0 radical (unpaired) electrons. The van der Waals surface area contributed by atoms with E-state index in [-0.39, 0.29) is 17.1 Å². The first kappa shape index (κ1) is 21.6. The smallest absolute Gasteiger partial charge is 0.271 e. The van der Waals surface area contributed by atoms with E-state index in [9.17, 15) is 14.3 Å². The first-order chi connectivity index (χ1) is 17.0. The number of allylic oxidation sites excluding steroid dienone is 1. The zero-order chi connectivity index (χ0) is 24.1. The summed E-state index contributed by atoms with van der Waals surface area (Å²) in [6, 6.07) is 19.2. The number of phenols is 1. The van der Waals surface area contributed by atoms with Gasteiger partial charge in [-0.25, -0.2) is 9.38 Å². The Labute approximate surface area is 204 Å². The number of rotatable bonds is 3. The molecule has 1 atom stereocenters. The van der Waals surface area contributed by atoms with Crippen molar-refractivity contribution in [2.75, 3.05) is 7.11 Å². The summed E-state index contributed by atoms with van der Waals surface area (Å²) in [7, 11) is 1.48. The highest BCUT2D eigenvalue weighted by Gasteiger charge is 2.32. The fourth-order valence-electron chi connectivity index (χ4n) is 4.93. The minimum atomic E-state index is -0.429. The van der Waals surface area contributed by atoms with E-state index in [1.165, 1.54) is 42.2 Å². The Kier molecular flexibility index (Phi) is 5.15. The molecular formula is C28H21FN2O3S. The summed E-state index contributed by atoms with van der Waals surface area (Å²) in [5.74, 6) is 0.0240. The maximum atomic E-state index is 14.3. The van der Waals surface area contributed by atoms with E-state index in [1.54, 1.807) is 28.8 Å². The molecule has 1 aliphatic heterocycles. The second kappa shape index (κ2) is 8.36. The molecule has 174 valence electrons. The van der Waals surface area contributed by atoms with Crippen molar-refractivity contribution in [1.82, 2.24) is 4.57 Å². The average molecular weight is 485 g/mol. The van der Waals surface area contributed by atoms with Crippen molar-refractivity contribution < 1.29 is 14.2 Å². The lowest BCUT2D eigenvalue weighted by atomic mass is 9.83. The number of aromatic hydroxyl groups is 1. The number of ether oxygens (including phenoxy) is 1. The van der Waals surface area contributed by atoms with Crippen molar-refractivity contribution in [2.24, 2.45) is 4.99 Å². The Morgan fingerprint density at radius 3 is 2.80 bits per heavy atom. The van der Waals surface area contributed by atoms with E-state index in [4.69, 9.17) is 9.73 Å². The third-order valence-electron chi connectivity index (χ3n) is 6.54. The number of thiazole rings is 1. The SMILES string of the molecule is COc1cc(C=c2sc3n(c2=O)C(c2cccc(F)c2)C2=C(N=3)c3ccccc3CC2)ccc1O. The number of aromatic nitrogens is 1. The second-order valence-electron chi connectivity index (χ2n) is 8.60. The van der Waals surface area contributed by atoms with Crippen molar-refractivity contribution in [3.63, 3.8) is 0 Å². The molecule has 5 nitrogen and oxygen atoms in total. The summed E-state index contributed by atoms with van der Waals surface area (Å²) in [6.45, 7) is 0. The quantitative estimate of drug-likeness (QED) is 0.475. The molecule has 1 unspecified atom stereocenters. The van der Waals surface area contributed by atoms with Gasteiger partial charge >= 0.3 is 0 Å². The normalized spacial score (nSPS) is 16.9. The van der Waals surface area contributed by atoms with E-state index in [0.717, 1.165) is 40.8 Å². The fraction of sp³-hybridized carbons (Fsp3) is 0.143. The molecule has 1 N–H and O–H groups in total. The summed E-state index contributed by atoms with van der Waals surface area (Å²) in [6.07, 6.45) is 3.36. The molecule has 1 aliphatic carbocycles. The summed E-state index contributed by atoms with van der Waals surface area (Å²) in [5.41, 5.74) is 5.46. The zero-order valence-electron chi connectivity index (χ0n) is 18.9.